The van der Waals surface area contributed by atoms with Gasteiger partial charge in [-0.3, -0.25) is 0 Å². The van der Waals surface area contributed by atoms with Crippen LogP contribution in [0.3, 0.4) is 0 Å². The van der Waals surface area contributed by atoms with Crippen LogP contribution in [0.25, 0.3) is 0 Å². The van der Waals surface area contributed by atoms with Crippen LogP contribution in [0.2, 0.25) is 0 Å². The molecule has 0 radical (unpaired) electrons. The minimum absolute atomic E-state index is 0.175. The number of hydrogen-bond donors (Lipinski definition) is 1. The second kappa shape index (κ2) is 5.93. The van der Waals surface area contributed by atoms with E-state index < -0.39 is 0 Å². The molecule has 1 unspecified atom stereocenters. The summed E-state index contributed by atoms with van der Waals surface area (Å²) >= 11 is 0. The van der Waals surface area contributed by atoms with Gasteiger partial charge in [0.15, 0.2) is 0 Å². The fourth-order valence-electron chi connectivity index (χ4n) is 2.94. The molecule has 3 heteroatoms. The van der Waals surface area contributed by atoms with E-state index in [1.165, 1.54) is 24.1 Å². The Labute approximate surface area is 116 Å². The van der Waals surface area contributed by atoms with E-state index in [0.29, 0.717) is 12.5 Å². The highest BCUT2D eigenvalue weighted by molar-refractivity contribution is 5.56. The highest BCUT2D eigenvalue weighted by atomic mass is 16.6. The number of rotatable bonds is 3. The van der Waals surface area contributed by atoms with Crippen LogP contribution in [0, 0.1) is 5.92 Å². The van der Waals surface area contributed by atoms with E-state index in [0.717, 1.165) is 13.1 Å². The predicted octanol–water partition coefficient (Wildman–Crippen LogP) is 3.09. The molecule has 0 amide bonds. The Morgan fingerprint density at radius 3 is 2.74 bits per heavy atom. The molecule has 2 N–H and O–H groups in total. The Bertz CT molecular complexity index is 409. The highest BCUT2D eigenvalue weighted by Crippen LogP contribution is 2.33. The third-order valence-corrected chi connectivity index (χ3v) is 3.90. The molecule has 19 heavy (non-hydrogen) atoms. The van der Waals surface area contributed by atoms with Crippen molar-refractivity contribution in [2.75, 3.05) is 24.6 Å². The largest absolute Gasteiger partial charge is 0.371 e. The van der Waals surface area contributed by atoms with E-state index in [1.807, 2.05) is 0 Å². The van der Waals surface area contributed by atoms with Crippen molar-refractivity contribution in [2.45, 2.75) is 39.0 Å². The normalized spacial score (nSPS) is 20.6. The van der Waals surface area contributed by atoms with Crippen molar-refractivity contribution in [3.63, 3.8) is 0 Å². The summed E-state index contributed by atoms with van der Waals surface area (Å²) in [6, 6.07) is 8.76. The molecule has 1 aliphatic heterocycles. The lowest BCUT2D eigenvalue weighted by Crippen LogP contribution is -2.38. The summed E-state index contributed by atoms with van der Waals surface area (Å²) in [5.74, 6) is 5.77. The van der Waals surface area contributed by atoms with Gasteiger partial charge < -0.3 is 9.74 Å². The number of hydrogen-bond acceptors (Lipinski definition) is 3. The number of anilines is 1. The third kappa shape index (κ3) is 3.48. The standard InChI is InChI=1S/C16H26N2O/c1-16(2,3)14-8-4-5-9-15(14)18-10-6-7-13(11-18)12-19-17/h4-5,8-9,13H,6-7,10-12,17H2,1-3H3. The molecule has 0 aliphatic carbocycles. The summed E-state index contributed by atoms with van der Waals surface area (Å²) in [7, 11) is 0. The third-order valence-electron chi connectivity index (χ3n) is 3.90. The van der Waals surface area contributed by atoms with Crippen molar-refractivity contribution in [2.24, 2.45) is 11.8 Å². The van der Waals surface area contributed by atoms with Crippen molar-refractivity contribution >= 4 is 5.69 Å². The second-order valence-electron chi connectivity index (χ2n) is 6.55. The predicted molar refractivity (Wildman–Crippen MR) is 80.2 cm³/mol. The average Bonchev–Trinajstić information content (AvgIpc) is 2.38. The molecule has 1 fully saturated rings. The first kappa shape index (κ1) is 14.4. The zero-order chi connectivity index (χ0) is 13.9. The lowest BCUT2D eigenvalue weighted by Gasteiger charge is -2.37. The van der Waals surface area contributed by atoms with Gasteiger partial charge in [0.2, 0.25) is 0 Å². The second-order valence-corrected chi connectivity index (χ2v) is 6.55. The zero-order valence-electron chi connectivity index (χ0n) is 12.4. The van der Waals surface area contributed by atoms with Gasteiger partial charge in [0.25, 0.3) is 0 Å². The first-order chi connectivity index (χ1) is 9.02. The Morgan fingerprint density at radius 2 is 2.05 bits per heavy atom. The molecule has 2 rings (SSSR count). The molecule has 1 aliphatic rings. The van der Waals surface area contributed by atoms with E-state index in [2.05, 4.69) is 49.9 Å². The van der Waals surface area contributed by atoms with E-state index in [-0.39, 0.29) is 5.41 Å². The first-order valence-electron chi connectivity index (χ1n) is 7.18. The molecule has 106 valence electrons. The number of nitrogens with two attached hydrogens (primary N) is 1. The molecule has 0 aromatic heterocycles. The minimum Gasteiger partial charge on any atom is -0.371 e. The van der Waals surface area contributed by atoms with E-state index in [1.54, 1.807) is 0 Å². The van der Waals surface area contributed by atoms with Gasteiger partial charge in [-0.05, 0) is 29.9 Å². The van der Waals surface area contributed by atoms with Crippen LogP contribution >= 0.6 is 0 Å². The average molecular weight is 262 g/mol. The highest BCUT2D eigenvalue weighted by Gasteiger charge is 2.25. The molecule has 1 heterocycles. The van der Waals surface area contributed by atoms with Crippen LogP contribution in [0.1, 0.15) is 39.2 Å². The summed E-state index contributed by atoms with van der Waals surface area (Å²) in [5, 5.41) is 0. The number of para-hydroxylation sites is 1. The van der Waals surface area contributed by atoms with Gasteiger partial charge in [-0.25, -0.2) is 5.90 Å². The molecule has 0 spiro atoms. The monoisotopic (exact) mass is 262 g/mol. The lowest BCUT2D eigenvalue weighted by molar-refractivity contribution is 0.0951. The van der Waals surface area contributed by atoms with E-state index >= 15 is 0 Å². The minimum atomic E-state index is 0.175. The van der Waals surface area contributed by atoms with Gasteiger partial charge >= 0.3 is 0 Å². The molecule has 1 aromatic carbocycles. The quantitative estimate of drug-likeness (QED) is 0.851. The fraction of sp³-hybridized carbons (Fsp3) is 0.625. The van der Waals surface area contributed by atoms with Crippen molar-refractivity contribution in [1.29, 1.82) is 0 Å². The van der Waals surface area contributed by atoms with Gasteiger partial charge in [-0.1, -0.05) is 39.0 Å². The molecule has 0 saturated carbocycles. The smallest absolute Gasteiger partial charge is 0.0724 e. The van der Waals surface area contributed by atoms with Gasteiger partial charge in [0.1, 0.15) is 0 Å². The molecule has 0 bridgehead atoms. The Kier molecular flexibility index (Phi) is 4.48. The topological polar surface area (TPSA) is 38.5 Å². The maximum Gasteiger partial charge on any atom is 0.0724 e. The van der Waals surface area contributed by atoms with Crippen molar-refractivity contribution < 1.29 is 4.84 Å². The van der Waals surface area contributed by atoms with Gasteiger partial charge in [0.05, 0.1) is 6.61 Å². The van der Waals surface area contributed by atoms with Crippen LogP contribution < -0.4 is 10.8 Å². The maximum absolute atomic E-state index is 5.22. The van der Waals surface area contributed by atoms with E-state index in [9.17, 15) is 0 Å². The van der Waals surface area contributed by atoms with E-state index in [4.69, 9.17) is 10.7 Å². The molecule has 1 saturated heterocycles. The summed E-state index contributed by atoms with van der Waals surface area (Å²) in [6.07, 6.45) is 2.43. The molecule has 3 nitrogen and oxygen atoms in total. The summed E-state index contributed by atoms with van der Waals surface area (Å²) in [6.45, 7) is 9.66. The number of nitrogens with zero attached hydrogens (tertiary/aromatic N) is 1. The van der Waals surface area contributed by atoms with Crippen molar-refractivity contribution in [3.05, 3.63) is 29.8 Å². The Hall–Kier alpha value is -1.06. The number of piperidine rings is 1. The van der Waals surface area contributed by atoms with Crippen LogP contribution in [0.5, 0.6) is 0 Å². The molecule has 1 aromatic rings. The van der Waals surface area contributed by atoms with Crippen LogP contribution in [0.4, 0.5) is 5.69 Å². The number of benzene rings is 1. The molecular formula is C16H26N2O. The van der Waals surface area contributed by atoms with Crippen LogP contribution in [0.15, 0.2) is 24.3 Å². The lowest BCUT2D eigenvalue weighted by atomic mass is 9.85. The van der Waals surface area contributed by atoms with Crippen molar-refractivity contribution in [1.82, 2.24) is 0 Å². The fourth-order valence-corrected chi connectivity index (χ4v) is 2.94. The molecular weight excluding hydrogens is 236 g/mol. The van der Waals surface area contributed by atoms with Crippen molar-refractivity contribution in [3.8, 4) is 0 Å². The van der Waals surface area contributed by atoms with Gasteiger partial charge in [-0.15, -0.1) is 0 Å². The van der Waals surface area contributed by atoms with Gasteiger partial charge in [-0.2, -0.15) is 0 Å². The van der Waals surface area contributed by atoms with Gasteiger partial charge in [0, 0.05) is 24.7 Å². The van der Waals surface area contributed by atoms with Crippen LogP contribution in [-0.4, -0.2) is 19.7 Å². The first-order valence-corrected chi connectivity index (χ1v) is 7.18. The Balaban J connectivity index is 2.21. The summed E-state index contributed by atoms with van der Waals surface area (Å²) in [5.41, 5.74) is 2.97. The van der Waals surface area contributed by atoms with Crippen LogP contribution in [-0.2, 0) is 10.3 Å². The Morgan fingerprint density at radius 1 is 1.32 bits per heavy atom. The zero-order valence-corrected chi connectivity index (χ0v) is 12.4. The summed E-state index contributed by atoms with van der Waals surface area (Å²) < 4.78 is 0. The SMILES string of the molecule is CC(C)(C)c1ccccc1N1CCCC(CON)C1. The summed E-state index contributed by atoms with van der Waals surface area (Å²) in [4.78, 5) is 7.33. The molecule has 1 atom stereocenters. The maximum atomic E-state index is 5.22.